The lowest BCUT2D eigenvalue weighted by atomic mass is 10.0. The summed E-state index contributed by atoms with van der Waals surface area (Å²) >= 11 is 0. The number of hydrogen-bond acceptors (Lipinski definition) is 9. The molecule has 0 saturated carbocycles. The molecule has 4 atom stereocenters. The number of likely N-dealkylation sites (N-methyl/N-ethyl adjacent to an activating group) is 1. The first-order valence-corrected chi connectivity index (χ1v) is 13.5. The fourth-order valence-corrected chi connectivity index (χ4v) is 3.48. The van der Waals surface area contributed by atoms with Crippen LogP contribution in [0.1, 0.15) is 85.5 Å². The molecule has 12 nitrogen and oxygen atoms in total. The van der Waals surface area contributed by atoms with E-state index in [2.05, 4.69) is 33.5 Å². The average molecular weight is 556 g/mol. The van der Waals surface area contributed by atoms with Gasteiger partial charge in [-0.05, 0) is 73.9 Å². The second-order valence-corrected chi connectivity index (χ2v) is 9.64. The first kappa shape index (κ1) is 38.2. The third-order valence-corrected chi connectivity index (χ3v) is 5.94. The Balaban J connectivity index is 0. The molecule has 224 valence electrons. The van der Waals surface area contributed by atoms with Crippen molar-refractivity contribution in [2.24, 2.45) is 0 Å². The smallest absolute Gasteiger partial charge is 0.242 e. The lowest BCUT2D eigenvalue weighted by Gasteiger charge is -2.22. The van der Waals surface area contributed by atoms with Gasteiger partial charge >= 0.3 is 0 Å². The Labute approximate surface area is 232 Å². The molecule has 0 aliphatic carbocycles. The Morgan fingerprint density at radius 1 is 0.744 bits per heavy atom. The van der Waals surface area contributed by atoms with Crippen molar-refractivity contribution in [1.82, 2.24) is 26.6 Å². The van der Waals surface area contributed by atoms with Crippen LogP contribution in [-0.4, -0.2) is 86.7 Å². The molecule has 0 radical (unpaired) electrons. The standard InChI is InChI=1S/C20H34N4O6.C7H15NO/c1-14(27)8-9-17(21-3)19(29)22-10-4-6-16(12-15(2)28)24-20(30)18(23-13-26)7-5-11-25;1-6(8-3)4-5-7(2)9/h11,13,16-18,21H,4-10,12H2,1-3H3,(H,22,29)(H,23,26)(H,24,30);6,8H,4-5H2,1-3H3. The molecule has 0 aliphatic rings. The summed E-state index contributed by atoms with van der Waals surface area (Å²) in [6, 6.07) is -1.29. The highest BCUT2D eigenvalue weighted by atomic mass is 16.2. The molecular formula is C27H49N5O7. The quantitative estimate of drug-likeness (QED) is 0.0931. The molecule has 39 heavy (non-hydrogen) atoms. The van der Waals surface area contributed by atoms with Crippen molar-refractivity contribution < 1.29 is 33.6 Å². The normalized spacial score (nSPS) is 13.4. The van der Waals surface area contributed by atoms with E-state index in [1.807, 2.05) is 7.05 Å². The van der Waals surface area contributed by atoms with E-state index in [0.717, 1.165) is 6.42 Å². The Morgan fingerprint density at radius 3 is 1.85 bits per heavy atom. The van der Waals surface area contributed by atoms with Crippen LogP contribution >= 0.6 is 0 Å². The number of hydrogen-bond donors (Lipinski definition) is 5. The summed E-state index contributed by atoms with van der Waals surface area (Å²) in [5, 5.41) is 13.8. The average Bonchev–Trinajstić information content (AvgIpc) is 2.87. The van der Waals surface area contributed by atoms with E-state index in [0.29, 0.717) is 57.4 Å². The number of Topliss-reactive ketones (excluding diaryl/α,β-unsaturated/α-hetero) is 3. The van der Waals surface area contributed by atoms with Crippen LogP contribution in [0.5, 0.6) is 0 Å². The highest BCUT2D eigenvalue weighted by Crippen LogP contribution is 2.06. The Bertz CT molecular complexity index is 776. The minimum Gasteiger partial charge on any atom is -0.355 e. The zero-order valence-corrected chi connectivity index (χ0v) is 24.4. The van der Waals surface area contributed by atoms with Gasteiger partial charge in [0.25, 0.3) is 0 Å². The molecule has 0 aromatic heterocycles. The van der Waals surface area contributed by atoms with E-state index in [1.54, 1.807) is 14.0 Å². The molecule has 0 aliphatic heterocycles. The molecule has 0 saturated heterocycles. The van der Waals surface area contributed by atoms with Gasteiger partial charge in [-0.1, -0.05) is 0 Å². The molecule has 0 aromatic carbocycles. The third kappa shape index (κ3) is 22.7. The van der Waals surface area contributed by atoms with Gasteiger partial charge in [-0.3, -0.25) is 19.2 Å². The highest BCUT2D eigenvalue weighted by Gasteiger charge is 2.22. The van der Waals surface area contributed by atoms with Crippen molar-refractivity contribution in [2.45, 2.75) is 110 Å². The molecular weight excluding hydrogens is 506 g/mol. The van der Waals surface area contributed by atoms with E-state index in [-0.39, 0.29) is 42.5 Å². The van der Waals surface area contributed by atoms with Crippen LogP contribution in [0.25, 0.3) is 0 Å². The third-order valence-electron chi connectivity index (χ3n) is 5.94. The lowest BCUT2D eigenvalue weighted by molar-refractivity contribution is -0.127. The second-order valence-electron chi connectivity index (χ2n) is 9.64. The van der Waals surface area contributed by atoms with Gasteiger partial charge in [0.15, 0.2) is 0 Å². The van der Waals surface area contributed by atoms with Crippen molar-refractivity contribution in [3.8, 4) is 0 Å². The van der Waals surface area contributed by atoms with Gasteiger partial charge < -0.3 is 41.0 Å². The van der Waals surface area contributed by atoms with Crippen molar-refractivity contribution in [3.05, 3.63) is 0 Å². The molecule has 12 heteroatoms. The van der Waals surface area contributed by atoms with Crippen LogP contribution < -0.4 is 26.6 Å². The number of amides is 3. The SMILES string of the molecule is CNC(C)CCC(C)=O.CNC(CCC(C)=O)C(=O)NCCCC(CC(C)=O)NC(=O)C(CCC=O)NC=O. The molecule has 0 fully saturated rings. The summed E-state index contributed by atoms with van der Waals surface area (Å²) in [5.74, 6) is -0.483. The van der Waals surface area contributed by atoms with Crippen molar-refractivity contribution in [2.75, 3.05) is 20.6 Å². The number of carbonyl (C=O) groups excluding carboxylic acids is 7. The molecule has 0 spiro atoms. The van der Waals surface area contributed by atoms with Gasteiger partial charge in [-0.15, -0.1) is 0 Å². The van der Waals surface area contributed by atoms with E-state index < -0.39 is 24.0 Å². The molecule has 0 rings (SSSR count). The first-order valence-electron chi connectivity index (χ1n) is 13.5. The second kappa shape index (κ2) is 24.1. The van der Waals surface area contributed by atoms with Gasteiger partial charge in [0.05, 0.1) is 6.04 Å². The summed E-state index contributed by atoms with van der Waals surface area (Å²) in [5.41, 5.74) is 0. The minimum atomic E-state index is -0.848. The maximum atomic E-state index is 12.4. The predicted molar refractivity (Wildman–Crippen MR) is 149 cm³/mol. The number of carbonyl (C=O) groups is 7. The van der Waals surface area contributed by atoms with Crippen LogP contribution in [0, 0.1) is 0 Å². The van der Waals surface area contributed by atoms with Gasteiger partial charge in [-0.25, -0.2) is 0 Å². The minimum absolute atomic E-state index is 0.0152. The zero-order chi connectivity index (χ0) is 30.2. The topological polar surface area (TPSA) is 180 Å². The van der Waals surface area contributed by atoms with Gasteiger partial charge in [-0.2, -0.15) is 0 Å². The molecule has 0 heterocycles. The first-order chi connectivity index (χ1) is 18.4. The van der Waals surface area contributed by atoms with Gasteiger partial charge in [0.2, 0.25) is 18.2 Å². The van der Waals surface area contributed by atoms with Crippen LogP contribution in [0.4, 0.5) is 0 Å². The van der Waals surface area contributed by atoms with Crippen LogP contribution in [0.15, 0.2) is 0 Å². The Kier molecular flexibility index (Phi) is 23.6. The molecule has 4 unspecified atom stereocenters. The maximum Gasteiger partial charge on any atom is 0.242 e. The van der Waals surface area contributed by atoms with Crippen molar-refractivity contribution >= 4 is 41.9 Å². The summed E-state index contributed by atoms with van der Waals surface area (Å²) in [6.07, 6.45) is 4.82. The van der Waals surface area contributed by atoms with Crippen molar-refractivity contribution in [3.63, 3.8) is 0 Å². The number of aldehydes is 1. The van der Waals surface area contributed by atoms with Crippen LogP contribution in [0.3, 0.4) is 0 Å². The summed E-state index contributed by atoms with van der Waals surface area (Å²) in [6.45, 7) is 6.94. The van der Waals surface area contributed by atoms with E-state index in [9.17, 15) is 33.6 Å². The Morgan fingerprint density at radius 2 is 1.36 bits per heavy atom. The molecule has 5 N–H and O–H groups in total. The molecule has 0 bridgehead atoms. The fraction of sp³-hybridized carbons (Fsp3) is 0.741. The van der Waals surface area contributed by atoms with E-state index in [1.165, 1.54) is 13.8 Å². The fourth-order valence-electron chi connectivity index (χ4n) is 3.48. The predicted octanol–water partition coefficient (Wildman–Crippen LogP) is 0.361. The van der Waals surface area contributed by atoms with Crippen LogP contribution in [-0.2, 0) is 33.6 Å². The number of nitrogens with one attached hydrogen (secondary N) is 5. The van der Waals surface area contributed by atoms with Gasteiger partial charge in [0.1, 0.15) is 29.7 Å². The Hall–Kier alpha value is -2.99. The highest BCUT2D eigenvalue weighted by molar-refractivity contribution is 5.85. The van der Waals surface area contributed by atoms with Crippen LogP contribution in [0.2, 0.25) is 0 Å². The molecule has 3 amide bonds. The van der Waals surface area contributed by atoms with Crippen molar-refractivity contribution in [1.29, 1.82) is 0 Å². The zero-order valence-electron chi connectivity index (χ0n) is 24.4. The molecule has 0 aromatic rings. The van der Waals surface area contributed by atoms with Gasteiger partial charge in [0, 0.05) is 44.3 Å². The largest absolute Gasteiger partial charge is 0.355 e. The summed E-state index contributed by atoms with van der Waals surface area (Å²) in [7, 11) is 3.56. The summed E-state index contributed by atoms with van der Waals surface area (Å²) in [4.78, 5) is 78.8. The van der Waals surface area contributed by atoms with E-state index >= 15 is 0 Å². The number of ketones is 3. The lowest BCUT2D eigenvalue weighted by Crippen LogP contribution is -2.48. The van der Waals surface area contributed by atoms with E-state index in [4.69, 9.17) is 0 Å². The monoisotopic (exact) mass is 555 g/mol. The summed E-state index contributed by atoms with van der Waals surface area (Å²) < 4.78 is 0. The number of rotatable bonds is 22. The maximum absolute atomic E-state index is 12.4.